The summed E-state index contributed by atoms with van der Waals surface area (Å²) in [5.41, 5.74) is 0.127. The minimum absolute atomic E-state index is 0.234. The Bertz CT molecular complexity index is 222. The predicted octanol–water partition coefficient (Wildman–Crippen LogP) is 2.84. The molecule has 1 aliphatic rings. The van der Waals surface area contributed by atoms with Crippen LogP contribution in [0.4, 0.5) is 0 Å². The van der Waals surface area contributed by atoms with Gasteiger partial charge in [0.1, 0.15) is 0 Å². The standard InChI is InChI=1S/C11H18O2/c1-8(10(12)13)11(2,3)9-6-4-5-7-9/h9H,1,4-7H2,2-3H3,(H,12,13). The number of hydrogen-bond acceptors (Lipinski definition) is 1. The third-order valence-corrected chi connectivity index (χ3v) is 3.41. The molecule has 0 atom stereocenters. The molecule has 1 fully saturated rings. The first kappa shape index (κ1) is 10.3. The maximum Gasteiger partial charge on any atom is 0.331 e. The van der Waals surface area contributed by atoms with E-state index < -0.39 is 5.97 Å². The number of carboxylic acids is 1. The Morgan fingerprint density at radius 1 is 1.38 bits per heavy atom. The quantitative estimate of drug-likeness (QED) is 0.681. The van der Waals surface area contributed by atoms with Crippen LogP contribution >= 0.6 is 0 Å². The molecule has 0 unspecified atom stereocenters. The van der Waals surface area contributed by atoms with Crippen molar-refractivity contribution in [3.63, 3.8) is 0 Å². The summed E-state index contributed by atoms with van der Waals surface area (Å²) in [7, 11) is 0. The molecule has 13 heavy (non-hydrogen) atoms. The van der Waals surface area contributed by atoms with Crippen LogP contribution in [0.5, 0.6) is 0 Å². The summed E-state index contributed by atoms with van der Waals surface area (Å²) in [6.07, 6.45) is 4.78. The van der Waals surface area contributed by atoms with E-state index in [-0.39, 0.29) is 5.41 Å². The normalized spacial score (nSPS) is 18.9. The second-order valence-corrected chi connectivity index (χ2v) is 4.49. The van der Waals surface area contributed by atoms with E-state index in [0.717, 1.165) is 12.8 Å². The van der Waals surface area contributed by atoms with Gasteiger partial charge in [-0.1, -0.05) is 33.3 Å². The average Bonchev–Trinajstić information content (AvgIpc) is 2.54. The lowest BCUT2D eigenvalue weighted by atomic mass is 9.72. The molecule has 0 bridgehead atoms. The molecule has 1 N–H and O–H groups in total. The zero-order valence-corrected chi connectivity index (χ0v) is 8.47. The lowest BCUT2D eigenvalue weighted by molar-refractivity contribution is -0.134. The molecule has 0 radical (unpaired) electrons. The van der Waals surface area contributed by atoms with Gasteiger partial charge in [-0.2, -0.15) is 0 Å². The molecule has 0 aromatic rings. The van der Waals surface area contributed by atoms with Gasteiger partial charge in [0.05, 0.1) is 0 Å². The van der Waals surface area contributed by atoms with Gasteiger partial charge >= 0.3 is 5.97 Å². The molecule has 1 saturated carbocycles. The SMILES string of the molecule is C=C(C(=O)O)C(C)(C)C1CCCC1. The fraction of sp³-hybridized carbons (Fsp3) is 0.727. The van der Waals surface area contributed by atoms with Crippen molar-refractivity contribution in [2.24, 2.45) is 11.3 Å². The molecule has 0 aliphatic heterocycles. The average molecular weight is 182 g/mol. The number of hydrogen-bond donors (Lipinski definition) is 1. The largest absolute Gasteiger partial charge is 0.478 e. The van der Waals surface area contributed by atoms with E-state index in [1.807, 2.05) is 13.8 Å². The summed E-state index contributed by atoms with van der Waals surface area (Å²) in [4.78, 5) is 10.8. The van der Waals surface area contributed by atoms with Crippen LogP contribution in [0, 0.1) is 11.3 Å². The summed E-state index contributed by atoms with van der Waals surface area (Å²) in [6, 6.07) is 0. The molecule has 0 saturated heterocycles. The van der Waals surface area contributed by atoms with Crippen molar-refractivity contribution in [1.29, 1.82) is 0 Å². The van der Waals surface area contributed by atoms with Crippen molar-refractivity contribution >= 4 is 5.97 Å². The van der Waals surface area contributed by atoms with E-state index >= 15 is 0 Å². The third kappa shape index (κ3) is 1.93. The lowest BCUT2D eigenvalue weighted by Crippen LogP contribution is -2.27. The fourth-order valence-corrected chi connectivity index (χ4v) is 2.17. The zero-order chi connectivity index (χ0) is 10.1. The third-order valence-electron chi connectivity index (χ3n) is 3.41. The molecule has 2 nitrogen and oxygen atoms in total. The Morgan fingerprint density at radius 2 is 1.85 bits per heavy atom. The van der Waals surface area contributed by atoms with Gasteiger partial charge in [0, 0.05) is 5.57 Å². The van der Waals surface area contributed by atoms with E-state index in [2.05, 4.69) is 6.58 Å². The Labute approximate surface area is 79.6 Å². The molecule has 1 rings (SSSR count). The molecule has 0 amide bonds. The van der Waals surface area contributed by atoms with Crippen LogP contribution in [-0.4, -0.2) is 11.1 Å². The summed E-state index contributed by atoms with van der Waals surface area (Å²) < 4.78 is 0. The number of carboxylic acid groups (broad SMARTS) is 1. The highest BCUT2D eigenvalue weighted by atomic mass is 16.4. The molecule has 2 heteroatoms. The van der Waals surface area contributed by atoms with E-state index in [0.29, 0.717) is 11.5 Å². The topological polar surface area (TPSA) is 37.3 Å². The Hall–Kier alpha value is -0.790. The maximum absolute atomic E-state index is 10.8. The van der Waals surface area contributed by atoms with Gasteiger partial charge in [0.2, 0.25) is 0 Å². The van der Waals surface area contributed by atoms with Crippen LogP contribution in [0.15, 0.2) is 12.2 Å². The van der Waals surface area contributed by atoms with E-state index in [1.165, 1.54) is 12.8 Å². The summed E-state index contributed by atoms with van der Waals surface area (Å²) in [5, 5.41) is 8.88. The minimum atomic E-state index is -0.850. The summed E-state index contributed by atoms with van der Waals surface area (Å²) >= 11 is 0. The second kappa shape index (κ2) is 3.52. The number of carbonyl (C=O) groups is 1. The van der Waals surface area contributed by atoms with Crippen LogP contribution < -0.4 is 0 Å². The van der Waals surface area contributed by atoms with Crippen molar-refractivity contribution < 1.29 is 9.90 Å². The number of aliphatic carboxylic acids is 1. The van der Waals surface area contributed by atoms with Gasteiger partial charge in [-0.05, 0) is 24.2 Å². The van der Waals surface area contributed by atoms with E-state index in [4.69, 9.17) is 5.11 Å². The molecule has 0 aromatic carbocycles. The predicted molar refractivity (Wildman–Crippen MR) is 52.5 cm³/mol. The first-order valence-corrected chi connectivity index (χ1v) is 4.89. The molecule has 1 aliphatic carbocycles. The highest BCUT2D eigenvalue weighted by molar-refractivity contribution is 5.87. The van der Waals surface area contributed by atoms with Gasteiger partial charge in [0.15, 0.2) is 0 Å². The maximum atomic E-state index is 10.8. The van der Waals surface area contributed by atoms with Crippen molar-refractivity contribution in [1.82, 2.24) is 0 Å². The highest BCUT2D eigenvalue weighted by Gasteiger charge is 2.36. The van der Waals surface area contributed by atoms with Gasteiger partial charge < -0.3 is 5.11 Å². The highest BCUT2D eigenvalue weighted by Crippen LogP contribution is 2.43. The van der Waals surface area contributed by atoms with Gasteiger partial charge in [0.25, 0.3) is 0 Å². The first-order valence-electron chi connectivity index (χ1n) is 4.89. The van der Waals surface area contributed by atoms with Gasteiger partial charge in [-0.15, -0.1) is 0 Å². The fourth-order valence-electron chi connectivity index (χ4n) is 2.17. The molecular weight excluding hydrogens is 164 g/mol. The van der Waals surface area contributed by atoms with Crippen molar-refractivity contribution in [3.05, 3.63) is 12.2 Å². The van der Waals surface area contributed by atoms with Crippen LogP contribution in [0.1, 0.15) is 39.5 Å². The van der Waals surface area contributed by atoms with Crippen LogP contribution in [0.25, 0.3) is 0 Å². The Kier molecular flexibility index (Phi) is 2.79. The monoisotopic (exact) mass is 182 g/mol. The van der Waals surface area contributed by atoms with Crippen molar-refractivity contribution in [3.8, 4) is 0 Å². The molecule has 74 valence electrons. The minimum Gasteiger partial charge on any atom is -0.478 e. The first-order chi connectivity index (χ1) is 5.96. The van der Waals surface area contributed by atoms with Crippen molar-refractivity contribution in [2.45, 2.75) is 39.5 Å². The van der Waals surface area contributed by atoms with Gasteiger partial charge in [-0.3, -0.25) is 0 Å². The van der Waals surface area contributed by atoms with Crippen LogP contribution in [0.2, 0.25) is 0 Å². The van der Waals surface area contributed by atoms with Crippen molar-refractivity contribution in [2.75, 3.05) is 0 Å². The molecule has 0 aromatic heterocycles. The Morgan fingerprint density at radius 3 is 2.23 bits per heavy atom. The lowest BCUT2D eigenvalue weighted by Gasteiger charge is -2.31. The molecule has 0 heterocycles. The van der Waals surface area contributed by atoms with Crippen LogP contribution in [0.3, 0.4) is 0 Å². The second-order valence-electron chi connectivity index (χ2n) is 4.49. The van der Waals surface area contributed by atoms with Gasteiger partial charge in [-0.25, -0.2) is 4.79 Å². The van der Waals surface area contributed by atoms with Crippen LogP contribution in [-0.2, 0) is 4.79 Å². The van der Waals surface area contributed by atoms with E-state index in [9.17, 15) is 4.79 Å². The van der Waals surface area contributed by atoms with E-state index in [1.54, 1.807) is 0 Å². The zero-order valence-electron chi connectivity index (χ0n) is 8.47. The smallest absolute Gasteiger partial charge is 0.331 e. The summed E-state index contributed by atoms with van der Waals surface area (Å²) in [6.45, 7) is 7.67. The molecular formula is C11H18O2. The number of rotatable bonds is 3. The molecule has 0 spiro atoms. The summed E-state index contributed by atoms with van der Waals surface area (Å²) in [5.74, 6) is -0.340. The Balaban J connectivity index is 2.73.